The van der Waals surface area contributed by atoms with E-state index >= 15 is 0 Å². The summed E-state index contributed by atoms with van der Waals surface area (Å²) in [6.07, 6.45) is 5.41. The molecule has 1 aromatic carbocycles. The fraction of sp³-hybridized carbons (Fsp3) is 0.385. The quantitative estimate of drug-likeness (QED) is 0.747. The summed E-state index contributed by atoms with van der Waals surface area (Å²) in [5, 5.41) is 1.01. The van der Waals surface area contributed by atoms with Crippen molar-refractivity contribution in [2.75, 3.05) is 12.4 Å². The van der Waals surface area contributed by atoms with Crippen LogP contribution >= 0.6 is 15.9 Å². The van der Waals surface area contributed by atoms with Crippen LogP contribution in [0.2, 0.25) is 0 Å². The van der Waals surface area contributed by atoms with Crippen LogP contribution in [0.15, 0.2) is 18.2 Å². The molecule has 0 N–H and O–H groups in total. The molecule has 0 bridgehead atoms. The Bertz CT molecular complexity index is 356. The lowest BCUT2D eigenvalue weighted by Crippen LogP contribution is -1.90. The Balaban J connectivity index is 2.95. The van der Waals surface area contributed by atoms with Gasteiger partial charge in [-0.3, -0.25) is 0 Å². The average Bonchev–Trinajstić information content (AvgIpc) is 2.23. The van der Waals surface area contributed by atoms with Gasteiger partial charge >= 0.3 is 0 Å². The fourth-order valence-electron chi connectivity index (χ4n) is 1.48. The lowest BCUT2D eigenvalue weighted by Gasteiger charge is -2.08. The van der Waals surface area contributed by atoms with Crippen molar-refractivity contribution in [2.45, 2.75) is 20.3 Å². The summed E-state index contributed by atoms with van der Waals surface area (Å²) in [6.45, 7) is 4.18. The summed E-state index contributed by atoms with van der Waals surface area (Å²) in [4.78, 5) is 0. The van der Waals surface area contributed by atoms with Crippen LogP contribution in [0.25, 0.3) is 6.08 Å². The highest BCUT2D eigenvalue weighted by Crippen LogP contribution is 2.23. The first kappa shape index (κ1) is 12.3. The maximum absolute atomic E-state index is 5.27. The predicted molar refractivity (Wildman–Crippen MR) is 69.9 cm³/mol. The molecule has 0 aromatic heterocycles. The van der Waals surface area contributed by atoms with E-state index in [1.807, 2.05) is 0 Å². The molecule has 1 rings (SSSR count). The number of halogens is 1. The van der Waals surface area contributed by atoms with E-state index in [0.29, 0.717) is 0 Å². The SMILES string of the molecule is COc1cc(C)c(C=CCCBr)cc1C. The number of ether oxygens (including phenoxy) is 1. The van der Waals surface area contributed by atoms with Crippen LogP contribution < -0.4 is 4.74 Å². The fourth-order valence-corrected chi connectivity index (χ4v) is 1.75. The molecule has 0 atom stereocenters. The number of benzene rings is 1. The van der Waals surface area contributed by atoms with Crippen LogP contribution in [0, 0.1) is 13.8 Å². The molecule has 2 heteroatoms. The predicted octanol–water partition coefficient (Wildman–Crippen LogP) is 4.11. The zero-order chi connectivity index (χ0) is 11.3. The van der Waals surface area contributed by atoms with E-state index in [0.717, 1.165) is 17.5 Å². The Morgan fingerprint density at radius 3 is 2.60 bits per heavy atom. The van der Waals surface area contributed by atoms with Crippen LogP contribution in [0.4, 0.5) is 0 Å². The van der Waals surface area contributed by atoms with Crippen LogP contribution in [-0.4, -0.2) is 12.4 Å². The minimum Gasteiger partial charge on any atom is -0.496 e. The molecule has 0 heterocycles. The van der Waals surface area contributed by atoms with Gasteiger partial charge in [0.2, 0.25) is 0 Å². The van der Waals surface area contributed by atoms with Gasteiger partial charge in [-0.05, 0) is 49.1 Å². The first-order valence-corrected chi connectivity index (χ1v) is 6.19. The van der Waals surface area contributed by atoms with Crippen molar-refractivity contribution in [2.24, 2.45) is 0 Å². The van der Waals surface area contributed by atoms with E-state index in [-0.39, 0.29) is 0 Å². The highest BCUT2D eigenvalue weighted by Gasteiger charge is 2.01. The Morgan fingerprint density at radius 1 is 1.27 bits per heavy atom. The van der Waals surface area contributed by atoms with Gasteiger partial charge < -0.3 is 4.74 Å². The molecule has 0 aliphatic carbocycles. The topological polar surface area (TPSA) is 9.23 Å². The molecule has 15 heavy (non-hydrogen) atoms. The standard InChI is InChI=1S/C13H17BrO/c1-10-9-13(15-3)11(2)8-12(10)6-4-5-7-14/h4,6,8-9H,5,7H2,1-3H3. The molecule has 0 unspecified atom stereocenters. The second kappa shape index (κ2) is 5.96. The molecule has 0 saturated carbocycles. The highest BCUT2D eigenvalue weighted by molar-refractivity contribution is 9.09. The number of methoxy groups -OCH3 is 1. The Labute approximate surface area is 100 Å². The number of hydrogen-bond donors (Lipinski definition) is 0. The average molecular weight is 269 g/mol. The van der Waals surface area contributed by atoms with Crippen molar-refractivity contribution < 1.29 is 4.74 Å². The molecule has 1 aromatic rings. The van der Waals surface area contributed by atoms with Gasteiger partial charge in [-0.2, -0.15) is 0 Å². The van der Waals surface area contributed by atoms with E-state index in [1.54, 1.807) is 7.11 Å². The number of allylic oxidation sites excluding steroid dienone is 1. The van der Waals surface area contributed by atoms with Gasteiger partial charge in [0.15, 0.2) is 0 Å². The first-order valence-electron chi connectivity index (χ1n) is 5.06. The van der Waals surface area contributed by atoms with Gasteiger partial charge in [-0.15, -0.1) is 0 Å². The van der Waals surface area contributed by atoms with Crippen molar-refractivity contribution in [3.05, 3.63) is 34.9 Å². The molecule has 0 saturated heterocycles. The molecule has 0 radical (unpaired) electrons. The van der Waals surface area contributed by atoms with Crippen LogP contribution in [-0.2, 0) is 0 Å². The van der Waals surface area contributed by atoms with E-state index in [4.69, 9.17) is 4.74 Å². The molecule has 0 amide bonds. The molecule has 0 fully saturated rings. The zero-order valence-electron chi connectivity index (χ0n) is 9.51. The maximum Gasteiger partial charge on any atom is 0.122 e. The highest BCUT2D eigenvalue weighted by atomic mass is 79.9. The van der Waals surface area contributed by atoms with Crippen molar-refractivity contribution in [3.63, 3.8) is 0 Å². The number of alkyl halides is 1. The molecular weight excluding hydrogens is 252 g/mol. The van der Waals surface area contributed by atoms with E-state index in [9.17, 15) is 0 Å². The Hall–Kier alpha value is -0.760. The molecular formula is C13H17BrO. The van der Waals surface area contributed by atoms with Gasteiger partial charge in [0.25, 0.3) is 0 Å². The van der Waals surface area contributed by atoms with Gasteiger partial charge in [0, 0.05) is 5.33 Å². The molecule has 82 valence electrons. The second-order valence-electron chi connectivity index (χ2n) is 3.56. The third-order valence-corrected chi connectivity index (χ3v) is 2.81. The van der Waals surface area contributed by atoms with Crippen LogP contribution in [0.1, 0.15) is 23.1 Å². The third kappa shape index (κ3) is 3.38. The minimum absolute atomic E-state index is 0.963. The summed E-state index contributed by atoms with van der Waals surface area (Å²) < 4.78 is 5.27. The summed E-state index contributed by atoms with van der Waals surface area (Å²) in [7, 11) is 1.71. The molecule has 0 spiro atoms. The van der Waals surface area contributed by atoms with E-state index < -0.39 is 0 Å². The van der Waals surface area contributed by atoms with Gasteiger partial charge in [0.05, 0.1) is 7.11 Å². The smallest absolute Gasteiger partial charge is 0.122 e. The molecule has 0 aliphatic rings. The molecule has 0 aliphatic heterocycles. The van der Waals surface area contributed by atoms with Crippen molar-refractivity contribution in [3.8, 4) is 5.75 Å². The lowest BCUT2D eigenvalue weighted by molar-refractivity contribution is 0.411. The zero-order valence-corrected chi connectivity index (χ0v) is 11.1. The molecule has 1 nitrogen and oxygen atoms in total. The summed E-state index contributed by atoms with van der Waals surface area (Å²) >= 11 is 3.41. The third-order valence-electron chi connectivity index (χ3n) is 2.36. The van der Waals surface area contributed by atoms with Gasteiger partial charge in [0.1, 0.15) is 5.75 Å². The second-order valence-corrected chi connectivity index (χ2v) is 4.35. The van der Waals surface area contributed by atoms with Crippen molar-refractivity contribution >= 4 is 22.0 Å². The summed E-state index contributed by atoms with van der Waals surface area (Å²) in [5.41, 5.74) is 3.71. The van der Waals surface area contributed by atoms with E-state index in [1.165, 1.54) is 16.7 Å². The summed E-state index contributed by atoms with van der Waals surface area (Å²) in [5.74, 6) is 0.963. The number of rotatable bonds is 4. The number of aryl methyl sites for hydroxylation is 2. The Kier molecular flexibility index (Phi) is 4.89. The Morgan fingerprint density at radius 2 is 2.00 bits per heavy atom. The lowest BCUT2D eigenvalue weighted by atomic mass is 10.0. The van der Waals surface area contributed by atoms with Gasteiger partial charge in [-0.1, -0.05) is 28.1 Å². The van der Waals surface area contributed by atoms with Crippen molar-refractivity contribution in [1.82, 2.24) is 0 Å². The first-order chi connectivity index (χ1) is 7.19. The maximum atomic E-state index is 5.27. The normalized spacial score (nSPS) is 10.9. The van der Waals surface area contributed by atoms with Crippen molar-refractivity contribution in [1.29, 1.82) is 0 Å². The van der Waals surface area contributed by atoms with Crippen LogP contribution in [0.3, 0.4) is 0 Å². The minimum atomic E-state index is 0.963. The monoisotopic (exact) mass is 268 g/mol. The largest absolute Gasteiger partial charge is 0.496 e. The van der Waals surface area contributed by atoms with Gasteiger partial charge in [-0.25, -0.2) is 0 Å². The van der Waals surface area contributed by atoms with E-state index in [2.05, 4.69) is 54.1 Å². The number of hydrogen-bond acceptors (Lipinski definition) is 1. The van der Waals surface area contributed by atoms with Crippen LogP contribution in [0.5, 0.6) is 5.75 Å². The summed E-state index contributed by atoms with van der Waals surface area (Å²) in [6, 6.07) is 4.25.